The highest BCUT2D eigenvalue weighted by Crippen LogP contribution is 2.17. The molecule has 1 aromatic carbocycles. The molecule has 0 radical (unpaired) electrons. The lowest BCUT2D eigenvalue weighted by atomic mass is 9.90. The molecule has 23 heavy (non-hydrogen) atoms. The number of ether oxygens (including phenoxy) is 1. The van der Waals surface area contributed by atoms with Gasteiger partial charge in [0.15, 0.2) is 0 Å². The number of halogens is 2. The quantitative estimate of drug-likeness (QED) is 0.805. The molecule has 0 atom stereocenters. The second kappa shape index (κ2) is 10.8. The molecule has 0 spiro atoms. The van der Waals surface area contributed by atoms with Crippen molar-refractivity contribution in [3.8, 4) is 0 Å². The van der Waals surface area contributed by atoms with Gasteiger partial charge in [-0.15, -0.1) is 24.8 Å². The van der Waals surface area contributed by atoms with E-state index in [1.807, 2.05) is 25.2 Å². The van der Waals surface area contributed by atoms with E-state index in [9.17, 15) is 4.79 Å². The molecule has 1 aliphatic heterocycles. The molecule has 1 heterocycles. The van der Waals surface area contributed by atoms with E-state index in [1.165, 1.54) is 5.56 Å². The predicted octanol–water partition coefficient (Wildman–Crippen LogP) is 1.59. The standard InChI is InChI=1S/C16H25N3O2.2ClH/c1-19(13-14-5-3-2-4-6-14)10-9-18-15(20)16(17)7-11-21-12-8-16;;/h2-6H,7-13,17H2,1H3,(H,18,20);2*1H. The van der Waals surface area contributed by atoms with E-state index in [1.54, 1.807) is 0 Å². The van der Waals surface area contributed by atoms with Crippen LogP contribution in [0.2, 0.25) is 0 Å². The summed E-state index contributed by atoms with van der Waals surface area (Å²) in [4.78, 5) is 14.3. The summed E-state index contributed by atoms with van der Waals surface area (Å²) < 4.78 is 5.26. The number of carbonyl (C=O) groups is 1. The number of nitrogens with zero attached hydrogens (tertiary/aromatic N) is 1. The zero-order valence-corrected chi connectivity index (χ0v) is 15.1. The van der Waals surface area contributed by atoms with Crippen LogP contribution >= 0.6 is 24.8 Å². The Hall–Kier alpha value is -0.850. The van der Waals surface area contributed by atoms with Crippen LogP contribution in [0, 0.1) is 0 Å². The number of amides is 1. The Balaban J connectivity index is 0.00000242. The normalized spacial score (nSPS) is 16.1. The molecule has 1 saturated heterocycles. The Morgan fingerprint density at radius 2 is 1.87 bits per heavy atom. The number of hydrogen-bond acceptors (Lipinski definition) is 4. The SMILES string of the molecule is CN(CCNC(=O)C1(N)CCOCC1)Cc1ccccc1.Cl.Cl. The minimum atomic E-state index is -0.754. The highest BCUT2D eigenvalue weighted by atomic mass is 35.5. The fourth-order valence-electron chi connectivity index (χ4n) is 2.47. The maximum atomic E-state index is 12.1. The maximum absolute atomic E-state index is 12.1. The predicted molar refractivity (Wildman–Crippen MR) is 97.3 cm³/mol. The van der Waals surface area contributed by atoms with Crippen LogP contribution in [0.5, 0.6) is 0 Å². The molecular formula is C16H27Cl2N3O2. The summed E-state index contributed by atoms with van der Waals surface area (Å²) in [6, 6.07) is 10.3. The molecule has 0 saturated carbocycles. The van der Waals surface area contributed by atoms with Crippen LogP contribution in [0.25, 0.3) is 0 Å². The highest BCUT2D eigenvalue weighted by molar-refractivity contribution is 5.86. The number of benzene rings is 1. The van der Waals surface area contributed by atoms with Crippen LogP contribution in [0.15, 0.2) is 30.3 Å². The fraction of sp³-hybridized carbons (Fsp3) is 0.562. The van der Waals surface area contributed by atoms with Crippen molar-refractivity contribution in [2.45, 2.75) is 24.9 Å². The molecule has 1 aromatic rings. The average molecular weight is 364 g/mol. The molecule has 0 aliphatic carbocycles. The van der Waals surface area contributed by atoms with Crippen molar-refractivity contribution in [2.75, 3.05) is 33.4 Å². The maximum Gasteiger partial charge on any atom is 0.240 e. The molecule has 1 aliphatic rings. The monoisotopic (exact) mass is 363 g/mol. The molecular weight excluding hydrogens is 337 g/mol. The van der Waals surface area contributed by atoms with Crippen molar-refractivity contribution in [1.29, 1.82) is 0 Å². The van der Waals surface area contributed by atoms with Gasteiger partial charge in [0, 0.05) is 32.8 Å². The van der Waals surface area contributed by atoms with Gasteiger partial charge in [0.25, 0.3) is 0 Å². The topological polar surface area (TPSA) is 67.6 Å². The second-order valence-electron chi connectivity index (χ2n) is 5.75. The third-order valence-electron chi connectivity index (χ3n) is 3.91. The van der Waals surface area contributed by atoms with Crippen molar-refractivity contribution in [2.24, 2.45) is 5.73 Å². The largest absolute Gasteiger partial charge is 0.381 e. The first-order valence-electron chi connectivity index (χ1n) is 7.47. The molecule has 1 fully saturated rings. The van der Waals surface area contributed by atoms with Crippen molar-refractivity contribution in [1.82, 2.24) is 10.2 Å². The van der Waals surface area contributed by atoms with Crippen molar-refractivity contribution in [3.05, 3.63) is 35.9 Å². The third kappa shape index (κ3) is 7.06. The molecule has 0 unspecified atom stereocenters. The Bertz CT molecular complexity index is 454. The molecule has 0 bridgehead atoms. The number of likely N-dealkylation sites (N-methyl/N-ethyl adjacent to an activating group) is 1. The zero-order valence-electron chi connectivity index (χ0n) is 13.5. The summed E-state index contributed by atoms with van der Waals surface area (Å²) in [5, 5.41) is 2.95. The van der Waals surface area contributed by atoms with E-state index in [0.29, 0.717) is 32.6 Å². The first kappa shape index (κ1) is 22.1. The van der Waals surface area contributed by atoms with Crippen molar-refractivity contribution < 1.29 is 9.53 Å². The van der Waals surface area contributed by atoms with Gasteiger partial charge in [-0.2, -0.15) is 0 Å². The minimum absolute atomic E-state index is 0. The third-order valence-corrected chi connectivity index (χ3v) is 3.91. The van der Waals surface area contributed by atoms with Crippen LogP contribution in [0.4, 0.5) is 0 Å². The van der Waals surface area contributed by atoms with Crippen LogP contribution in [0.3, 0.4) is 0 Å². The van der Waals surface area contributed by atoms with Gasteiger partial charge in [-0.3, -0.25) is 4.79 Å². The number of carbonyl (C=O) groups excluding carboxylic acids is 1. The molecule has 1 amide bonds. The molecule has 0 aromatic heterocycles. The lowest BCUT2D eigenvalue weighted by Gasteiger charge is -2.32. The average Bonchev–Trinajstić information content (AvgIpc) is 2.49. The minimum Gasteiger partial charge on any atom is -0.381 e. The first-order chi connectivity index (χ1) is 10.1. The molecule has 3 N–H and O–H groups in total. The Kier molecular flexibility index (Phi) is 10.4. The van der Waals surface area contributed by atoms with Crippen molar-refractivity contribution >= 4 is 30.7 Å². The second-order valence-corrected chi connectivity index (χ2v) is 5.75. The van der Waals surface area contributed by atoms with E-state index in [-0.39, 0.29) is 30.7 Å². The zero-order chi connectivity index (χ0) is 15.1. The van der Waals surface area contributed by atoms with E-state index in [2.05, 4.69) is 22.3 Å². The fourth-order valence-corrected chi connectivity index (χ4v) is 2.47. The van der Waals surface area contributed by atoms with Gasteiger partial charge in [-0.05, 0) is 25.5 Å². The smallest absolute Gasteiger partial charge is 0.240 e. The molecule has 132 valence electrons. The van der Waals surface area contributed by atoms with Gasteiger partial charge in [-0.1, -0.05) is 30.3 Å². The molecule has 2 rings (SSSR count). The number of nitrogens with one attached hydrogen (secondary N) is 1. The molecule has 5 nitrogen and oxygen atoms in total. The summed E-state index contributed by atoms with van der Waals surface area (Å²) >= 11 is 0. The lowest BCUT2D eigenvalue weighted by Crippen LogP contribution is -2.57. The van der Waals surface area contributed by atoms with Gasteiger partial charge in [0.05, 0.1) is 5.54 Å². The van der Waals surface area contributed by atoms with Crippen LogP contribution in [-0.4, -0.2) is 49.7 Å². The lowest BCUT2D eigenvalue weighted by molar-refractivity contribution is -0.129. The van der Waals surface area contributed by atoms with Crippen LogP contribution < -0.4 is 11.1 Å². The Labute approximate surface area is 150 Å². The van der Waals surface area contributed by atoms with E-state index in [4.69, 9.17) is 10.5 Å². The van der Waals surface area contributed by atoms with E-state index < -0.39 is 5.54 Å². The van der Waals surface area contributed by atoms with Crippen molar-refractivity contribution in [3.63, 3.8) is 0 Å². The summed E-state index contributed by atoms with van der Waals surface area (Å²) in [5.41, 5.74) is 6.65. The van der Waals surface area contributed by atoms with E-state index in [0.717, 1.165) is 13.1 Å². The Morgan fingerprint density at radius 1 is 1.26 bits per heavy atom. The molecule has 7 heteroatoms. The number of nitrogens with two attached hydrogens (primary N) is 1. The summed E-state index contributed by atoms with van der Waals surface area (Å²) in [7, 11) is 2.05. The number of rotatable bonds is 6. The highest BCUT2D eigenvalue weighted by Gasteiger charge is 2.35. The van der Waals surface area contributed by atoms with Gasteiger partial charge in [-0.25, -0.2) is 0 Å². The van der Waals surface area contributed by atoms with Gasteiger partial charge in [0.1, 0.15) is 0 Å². The van der Waals surface area contributed by atoms with Crippen LogP contribution in [-0.2, 0) is 16.1 Å². The van der Waals surface area contributed by atoms with Gasteiger partial charge >= 0.3 is 0 Å². The summed E-state index contributed by atoms with van der Waals surface area (Å²) in [5.74, 6) is -0.0566. The Morgan fingerprint density at radius 3 is 2.48 bits per heavy atom. The summed E-state index contributed by atoms with van der Waals surface area (Å²) in [6.07, 6.45) is 1.19. The van der Waals surface area contributed by atoms with Gasteiger partial charge < -0.3 is 20.7 Å². The van der Waals surface area contributed by atoms with Gasteiger partial charge in [0.2, 0.25) is 5.91 Å². The van der Waals surface area contributed by atoms with Crippen LogP contribution in [0.1, 0.15) is 18.4 Å². The first-order valence-corrected chi connectivity index (χ1v) is 7.47. The number of hydrogen-bond donors (Lipinski definition) is 2. The summed E-state index contributed by atoms with van der Waals surface area (Å²) in [6.45, 7) is 3.42. The van der Waals surface area contributed by atoms with E-state index >= 15 is 0 Å².